The van der Waals surface area contributed by atoms with Crippen LogP contribution in [0.4, 0.5) is 11.4 Å². The van der Waals surface area contributed by atoms with Crippen LogP contribution in [0.25, 0.3) is 0 Å². The zero-order valence-corrected chi connectivity index (χ0v) is 17.0. The summed E-state index contributed by atoms with van der Waals surface area (Å²) in [5.41, 5.74) is 4.16. The molecule has 1 heterocycles. The number of carbonyl (C=O) groups excluding carboxylic acids is 3. The summed E-state index contributed by atoms with van der Waals surface area (Å²) in [6, 6.07) is 13.0. The number of nitrogens with zero attached hydrogens (tertiary/aromatic N) is 1. The van der Waals surface area contributed by atoms with Crippen LogP contribution in [0.3, 0.4) is 0 Å². The van der Waals surface area contributed by atoms with Gasteiger partial charge in [0.15, 0.2) is 0 Å². The molecule has 1 aliphatic heterocycles. The lowest BCUT2D eigenvalue weighted by atomic mass is 10.1. The smallest absolute Gasteiger partial charge is 0.251 e. The molecule has 6 nitrogen and oxygen atoms in total. The van der Waals surface area contributed by atoms with E-state index in [-0.39, 0.29) is 17.7 Å². The second-order valence-electron chi connectivity index (χ2n) is 7.17. The molecule has 2 aromatic carbocycles. The summed E-state index contributed by atoms with van der Waals surface area (Å²) in [4.78, 5) is 38.1. The van der Waals surface area contributed by atoms with E-state index in [1.807, 2.05) is 50.2 Å². The molecule has 0 fully saturated rings. The molecule has 152 valence electrons. The Morgan fingerprint density at radius 3 is 2.66 bits per heavy atom. The summed E-state index contributed by atoms with van der Waals surface area (Å²) in [6.45, 7) is 4.85. The van der Waals surface area contributed by atoms with E-state index in [4.69, 9.17) is 0 Å². The Bertz CT molecular complexity index is 923. The summed E-state index contributed by atoms with van der Waals surface area (Å²) in [6.07, 6.45) is 2.52. The summed E-state index contributed by atoms with van der Waals surface area (Å²) in [5.74, 6) is -0.0669. The normalized spacial score (nSPS) is 12.4. The summed E-state index contributed by atoms with van der Waals surface area (Å²) >= 11 is 0. The Kier molecular flexibility index (Phi) is 6.65. The van der Waals surface area contributed by atoms with Gasteiger partial charge in [0.05, 0.1) is 0 Å². The molecule has 2 N–H and O–H groups in total. The minimum absolute atomic E-state index is 0.0116. The molecule has 0 bridgehead atoms. The number of hydrogen-bond donors (Lipinski definition) is 2. The van der Waals surface area contributed by atoms with Gasteiger partial charge in [-0.1, -0.05) is 26.0 Å². The van der Waals surface area contributed by atoms with Crippen LogP contribution in [0.5, 0.6) is 0 Å². The van der Waals surface area contributed by atoms with Crippen molar-refractivity contribution in [1.82, 2.24) is 5.32 Å². The molecule has 0 unspecified atom stereocenters. The molecular weight excluding hydrogens is 366 g/mol. The van der Waals surface area contributed by atoms with Gasteiger partial charge >= 0.3 is 0 Å². The van der Waals surface area contributed by atoms with Crippen LogP contribution in [-0.2, 0) is 22.6 Å². The predicted molar refractivity (Wildman–Crippen MR) is 114 cm³/mol. The van der Waals surface area contributed by atoms with Gasteiger partial charge in [0, 0.05) is 42.9 Å². The number of amides is 3. The first-order chi connectivity index (χ1) is 14.0. The molecule has 0 aliphatic carbocycles. The van der Waals surface area contributed by atoms with Crippen molar-refractivity contribution in [3.8, 4) is 0 Å². The van der Waals surface area contributed by atoms with E-state index in [0.717, 1.165) is 35.3 Å². The molecule has 3 rings (SSSR count). The van der Waals surface area contributed by atoms with Gasteiger partial charge in [-0.2, -0.15) is 0 Å². The molecule has 3 amide bonds. The fraction of sp³-hybridized carbons (Fsp3) is 0.348. The molecule has 2 aromatic rings. The van der Waals surface area contributed by atoms with Crippen molar-refractivity contribution in [3.63, 3.8) is 0 Å². The van der Waals surface area contributed by atoms with Crippen molar-refractivity contribution in [2.75, 3.05) is 16.8 Å². The van der Waals surface area contributed by atoms with Gasteiger partial charge in [0.2, 0.25) is 11.8 Å². The first kappa shape index (κ1) is 20.6. The summed E-state index contributed by atoms with van der Waals surface area (Å²) in [5, 5.41) is 5.79. The standard InChI is InChI=1S/C23H27N3O3/c1-3-6-21(27)25-19-8-5-7-16(13-19)15-24-23(29)18-9-10-20-17(14-18)11-12-26(20)22(28)4-2/h5,7-10,13-14H,3-4,6,11-12,15H2,1-2H3,(H,24,29)(H,25,27). The molecule has 0 saturated heterocycles. The first-order valence-corrected chi connectivity index (χ1v) is 10.1. The van der Waals surface area contributed by atoms with Crippen molar-refractivity contribution < 1.29 is 14.4 Å². The van der Waals surface area contributed by atoms with Crippen LogP contribution in [0.1, 0.15) is 54.6 Å². The van der Waals surface area contributed by atoms with E-state index in [1.165, 1.54) is 0 Å². The third-order valence-corrected chi connectivity index (χ3v) is 4.98. The maximum atomic E-state index is 12.6. The number of carbonyl (C=O) groups is 3. The number of benzene rings is 2. The van der Waals surface area contributed by atoms with Crippen molar-refractivity contribution in [2.45, 2.75) is 46.1 Å². The van der Waals surface area contributed by atoms with Crippen molar-refractivity contribution in [1.29, 1.82) is 0 Å². The van der Waals surface area contributed by atoms with Crippen molar-refractivity contribution in [2.24, 2.45) is 0 Å². The van der Waals surface area contributed by atoms with Gasteiger partial charge < -0.3 is 15.5 Å². The highest BCUT2D eigenvalue weighted by molar-refractivity contribution is 5.98. The second-order valence-corrected chi connectivity index (χ2v) is 7.17. The minimum Gasteiger partial charge on any atom is -0.348 e. The van der Waals surface area contributed by atoms with Crippen LogP contribution in [-0.4, -0.2) is 24.3 Å². The van der Waals surface area contributed by atoms with E-state index >= 15 is 0 Å². The topological polar surface area (TPSA) is 78.5 Å². The maximum Gasteiger partial charge on any atom is 0.251 e. The van der Waals surface area contributed by atoms with E-state index in [9.17, 15) is 14.4 Å². The predicted octanol–water partition coefficient (Wildman–Crippen LogP) is 3.65. The lowest BCUT2D eigenvalue weighted by molar-refractivity contribution is -0.118. The molecule has 6 heteroatoms. The Morgan fingerprint density at radius 2 is 1.90 bits per heavy atom. The molecule has 0 spiro atoms. The lowest BCUT2D eigenvalue weighted by Gasteiger charge is -2.16. The van der Waals surface area contributed by atoms with Gasteiger partial charge in [-0.25, -0.2) is 0 Å². The van der Waals surface area contributed by atoms with Gasteiger partial charge in [-0.15, -0.1) is 0 Å². The quantitative estimate of drug-likeness (QED) is 0.754. The number of rotatable bonds is 7. The second kappa shape index (κ2) is 9.37. The Morgan fingerprint density at radius 1 is 1.07 bits per heavy atom. The molecule has 1 aliphatic rings. The first-order valence-electron chi connectivity index (χ1n) is 10.1. The van der Waals surface area contributed by atoms with Crippen LogP contribution >= 0.6 is 0 Å². The highest BCUT2D eigenvalue weighted by Gasteiger charge is 2.24. The number of anilines is 2. The summed E-state index contributed by atoms with van der Waals surface area (Å²) in [7, 11) is 0. The van der Waals surface area contributed by atoms with E-state index < -0.39 is 0 Å². The lowest BCUT2D eigenvalue weighted by Crippen LogP contribution is -2.27. The van der Waals surface area contributed by atoms with E-state index in [2.05, 4.69) is 10.6 Å². The van der Waals surface area contributed by atoms with Crippen LogP contribution in [0.2, 0.25) is 0 Å². The highest BCUT2D eigenvalue weighted by atomic mass is 16.2. The van der Waals surface area contributed by atoms with Crippen molar-refractivity contribution >= 4 is 29.1 Å². The number of fused-ring (bicyclic) bond motifs is 1. The minimum atomic E-state index is -0.159. The maximum absolute atomic E-state index is 12.6. The molecule has 0 saturated carbocycles. The Balaban J connectivity index is 1.62. The van der Waals surface area contributed by atoms with Gasteiger partial charge in [0.25, 0.3) is 5.91 Å². The van der Waals surface area contributed by atoms with Crippen LogP contribution in [0.15, 0.2) is 42.5 Å². The summed E-state index contributed by atoms with van der Waals surface area (Å²) < 4.78 is 0. The zero-order valence-electron chi connectivity index (χ0n) is 17.0. The van der Waals surface area contributed by atoms with E-state index in [0.29, 0.717) is 31.5 Å². The monoisotopic (exact) mass is 393 g/mol. The van der Waals surface area contributed by atoms with Gasteiger partial charge in [-0.05, 0) is 54.3 Å². The van der Waals surface area contributed by atoms with E-state index in [1.54, 1.807) is 11.0 Å². The molecule has 0 atom stereocenters. The largest absolute Gasteiger partial charge is 0.348 e. The number of hydrogen-bond acceptors (Lipinski definition) is 3. The molecule has 29 heavy (non-hydrogen) atoms. The van der Waals surface area contributed by atoms with Crippen LogP contribution < -0.4 is 15.5 Å². The zero-order chi connectivity index (χ0) is 20.8. The average molecular weight is 393 g/mol. The van der Waals surface area contributed by atoms with Crippen molar-refractivity contribution in [3.05, 3.63) is 59.2 Å². The third-order valence-electron chi connectivity index (χ3n) is 4.98. The Labute approximate surface area is 171 Å². The molecular formula is C23H27N3O3. The Hall–Kier alpha value is -3.15. The fourth-order valence-corrected chi connectivity index (χ4v) is 3.49. The number of nitrogens with one attached hydrogen (secondary N) is 2. The SMILES string of the molecule is CCCC(=O)Nc1cccc(CNC(=O)c2ccc3c(c2)CCN3C(=O)CC)c1. The molecule has 0 aromatic heterocycles. The molecule has 0 radical (unpaired) electrons. The average Bonchev–Trinajstić information content (AvgIpc) is 3.15. The van der Waals surface area contributed by atoms with Gasteiger partial charge in [0.1, 0.15) is 0 Å². The fourth-order valence-electron chi connectivity index (χ4n) is 3.49. The van der Waals surface area contributed by atoms with Crippen LogP contribution in [0, 0.1) is 0 Å². The third kappa shape index (κ3) is 5.02. The highest BCUT2D eigenvalue weighted by Crippen LogP contribution is 2.29. The van der Waals surface area contributed by atoms with Gasteiger partial charge in [-0.3, -0.25) is 14.4 Å².